The molecule has 0 aliphatic heterocycles. The first kappa shape index (κ1) is 10.2. The zero-order valence-corrected chi connectivity index (χ0v) is 9.81. The summed E-state index contributed by atoms with van der Waals surface area (Å²) < 4.78 is 7.94. The van der Waals surface area contributed by atoms with Crippen molar-refractivity contribution in [1.82, 2.24) is 14.8 Å². The van der Waals surface area contributed by atoms with Gasteiger partial charge < -0.3 is 4.74 Å². The van der Waals surface area contributed by atoms with Crippen molar-refractivity contribution in [3.63, 3.8) is 0 Å². The van der Waals surface area contributed by atoms with Crippen LogP contribution in [0.4, 0.5) is 0 Å². The lowest BCUT2D eigenvalue weighted by Gasteiger charge is -1.99. The van der Waals surface area contributed by atoms with E-state index in [4.69, 9.17) is 4.74 Å². The molecule has 78 valence electrons. The fourth-order valence-corrected chi connectivity index (χ4v) is 1.41. The van der Waals surface area contributed by atoms with Crippen molar-refractivity contribution in [2.24, 2.45) is 0 Å². The summed E-state index contributed by atoms with van der Waals surface area (Å²) >= 11 is 3.33. The molecule has 2 heterocycles. The van der Waals surface area contributed by atoms with E-state index in [-0.39, 0.29) is 0 Å². The largest absolute Gasteiger partial charge is 0.491 e. The highest BCUT2D eigenvalue weighted by atomic mass is 79.9. The van der Waals surface area contributed by atoms with Crippen molar-refractivity contribution in [2.45, 2.75) is 6.92 Å². The van der Waals surface area contributed by atoms with Crippen molar-refractivity contribution in [3.8, 4) is 11.6 Å². The van der Waals surface area contributed by atoms with Gasteiger partial charge in [0.15, 0.2) is 11.6 Å². The smallest absolute Gasteiger partial charge is 0.157 e. The molecule has 0 saturated carbocycles. The van der Waals surface area contributed by atoms with Gasteiger partial charge in [-0.3, -0.25) is 0 Å². The Kier molecular flexibility index (Phi) is 3.01. The van der Waals surface area contributed by atoms with Gasteiger partial charge in [0.05, 0.1) is 19.0 Å². The normalized spacial score (nSPS) is 10.3. The number of ether oxygens (including phenoxy) is 1. The average Bonchev–Trinajstić information content (AvgIpc) is 2.68. The molecule has 0 aliphatic rings. The van der Waals surface area contributed by atoms with E-state index in [2.05, 4.69) is 26.0 Å². The molecule has 2 aromatic heterocycles. The molecule has 4 nitrogen and oxygen atoms in total. The van der Waals surface area contributed by atoms with Gasteiger partial charge in [0, 0.05) is 10.7 Å². The van der Waals surface area contributed by atoms with E-state index in [1.807, 2.05) is 19.1 Å². The Morgan fingerprint density at radius 2 is 2.27 bits per heavy atom. The molecule has 5 heteroatoms. The number of halogens is 1. The van der Waals surface area contributed by atoms with Crippen LogP contribution in [0.3, 0.4) is 0 Å². The van der Waals surface area contributed by atoms with Crippen LogP contribution in [0, 0.1) is 0 Å². The Morgan fingerprint density at radius 3 is 2.93 bits per heavy atom. The lowest BCUT2D eigenvalue weighted by atomic mass is 10.5. The van der Waals surface area contributed by atoms with E-state index < -0.39 is 0 Å². The van der Waals surface area contributed by atoms with Gasteiger partial charge in [-0.2, -0.15) is 5.10 Å². The summed E-state index contributed by atoms with van der Waals surface area (Å²) in [6.07, 6.45) is 5.21. The highest BCUT2D eigenvalue weighted by Crippen LogP contribution is 2.13. The number of rotatable bonds is 3. The molecule has 2 aromatic rings. The molecule has 0 amide bonds. The first-order valence-corrected chi connectivity index (χ1v) is 5.38. The molecule has 0 unspecified atom stereocenters. The van der Waals surface area contributed by atoms with Crippen LogP contribution >= 0.6 is 15.9 Å². The summed E-state index contributed by atoms with van der Waals surface area (Å²) in [5, 5.41) is 4.15. The van der Waals surface area contributed by atoms with Gasteiger partial charge in [-0.1, -0.05) is 0 Å². The first-order chi connectivity index (χ1) is 7.29. The molecule has 0 aromatic carbocycles. The summed E-state index contributed by atoms with van der Waals surface area (Å²) in [5.74, 6) is 1.52. The number of pyridine rings is 1. The molecule has 2 rings (SSSR count). The van der Waals surface area contributed by atoms with Gasteiger partial charge >= 0.3 is 0 Å². The zero-order chi connectivity index (χ0) is 10.7. The maximum atomic E-state index is 5.31. The highest BCUT2D eigenvalue weighted by molar-refractivity contribution is 9.10. The Morgan fingerprint density at radius 1 is 1.40 bits per heavy atom. The molecule has 0 atom stereocenters. The quantitative estimate of drug-likeness (QED) is 0.858. The second kappa shape index (κ2) is 4.44. The summed E-state index contributed by atoms with van der Waals surface area (Å²) in [6, 6.07) is 3.80. The molecule has 0 fully saturated rings. The van der Waals surface area contributed by atoms with Crippen molar-refractivity contribution >= 4 is 15.9 Å². The lowest BCUT2D eigenvalue weighted by Crippen LogP contribution is -1.96. The van der Waals surface area contributed by atoms with Crippen molar-refractivity contribution in [1.29, 1.82) is 0 Å². The van der Waals surface area contributed by atoms with E-state index in [9.17, 15) is 0 Å². The predicted octanol–water partition coefficient (Wildman–Crippen LogP) is 2.43. The van der Waals surface area contributed by atoms with E-state index in [1.165, 1.54) is 0 Å². The lowest BCUT2D eigenvalue weighted by molar-refractivity contribution is 0.340. The molecular formula is C10H10BrN3O. The molecule has 0 spiro atoms. The maximum Gasteiger partial charge on any atom is 0.157 e. The van der Waals surface area contributed by atoms with E-state index in [0.717, 1.165) is 16.0 Å². The fourth-order valence-electron chi connectivity index (χ4n) is 1.18. The third kappa shape index (κ3) is 2.36. The average molecular weight is 268 g/mol. The standard InChI is InChI=1S/C10H10BrN3O/c1-2-15-9-6-13-14(7-9)10-4-3-8(11)5-12-10/h3-7H,2H2,1H3. The number of hydrogen-bond donors (Lipinski definition) is 0. The minimum absolute atomic E-state index is 0.638. The number of hydrogen-bond acceptors (Lipinski definition) is 3. The van der Waals surface area contributed by atoms with Crippen LogP contribution in [0.15, 0.2) is 35.2 Å². The second-order valence-corrected chi connectivity index (χ2v) is 3.80. The molecule has 15 heavy (non-hydrogen) atoms. The van der Waals surface area contributed by atoms with Crippen LogP contribution in [0.25, 0.3) is 5.82 Å². The predicted molar refractivity (Wildman–Crippen MR) is 60.2 cm³/mol. The van der Waals surface area contributed by atoms with E-state index in [1.54, 1.807) is 23.3 Å². The van der Waals surface area contributed by atoms with E-state index in [0.29, 0.717) is 6.61 Å². The summed E-state index contributed by atoms with van der Waals surface area (Å²) in [4.78, 5) is 4.22. The minimum Gasteiger partial charge on any atom is -0.491 e. The van der Waals surface area contributed by atoms with Crippen LogP contribution in [-0.2, 0) is 0 Å². The van der Waals surface area contributed by atoms with Gasteiger partial charge in [-0.05, 0) is 35.0 Å². The van der Waals surface area contributed by atoms with E-state index >= 15 is 0 Å². The van der Waals surface area contributed by atoms with Crippen molar-refractivity contribution < 1.29 is 4.74 Å². The Bertz CT molecular complexity index is 438. The number of nitrogens with zero attached hydrogens (tertiary/aromatic N) is 3. The molecule has 0 N–H and O–H groups in total. The number of aromatic nitrogens is 3. The Labute approximate surface area is 96.0 Å². The molecule has 0 saturated heterocycles. The minimum atomic E-state index is 0.638. The Balaban J connectivity index is 2.25. The molecular weight excluding hydrogens is 258 g/mol. The van der Waals surface area contributed by atoms with Crippen molar-refractivity contribution in [3.05, 3.63) is 35.2 Å². The van der Waals surface area contributed by atoms with Crippen LogP contribution in [0.1, 0.15) is 6.92 Å². The first-order valence-electron chi connectivity index (χ1n) is 4.59. The van der Waals surface area contributed by atoms with Crippen LogP contribution in [0.2, 0.25) is 0 Å². The van der Waals surface area contributed by atoms with Gasteiger partial charge in [-0.25, -0.2) is 9.67 Å². The van der Waals surface area contributed by atoms with Gasteiger partial charge in [0.25, 0.3) is 0 Å². The summed E-state index contributed by atoms with van der Waals surface area (Å²) in [6.45, 7) is 2.58. The topological polar surface area (TPSA) is 39.9 Å². The third-order valence-corrected chi connectivity index (χ3v) is 2.29. The molecule has 0 aliphatic carbocycles. The van der Waals surface area contributed by atoms with Crippen LogP contribution in [-0.4, -0.2) is 21.4 Å². The van der Waals surface area contributed by atoms with Crippen LogP contribution < -0.4 is 4.74 Å². The van der Waals surface area contributed by atoms with Gasteiger partial charge in [0.2, 0.25) is 0 Å². The SMILES string of the molecule is CCOc1cnn(-c2ccc(Br)cn2)c1. The monoisotopic (exact) mass is 267 g/mol. The van der Waals surface area contributed by atoms with Gasteiger partial charge in [-0.15, -0.1) is 0 Å². The molecule has 0 bridgehead atoms. The molecule has 0 radical (unpaired) electrons. The van der Waals surface area contributed by atoms with Crippen LogP contribution in [0.5, 0.6) is 5.75 Å². The highest BCUT2D eigenvalue weighted by Gasteiger charge is 2.01. The summed E-state index contributed by atoms with van der Waals surface area (Å²) in [5.41, 5.74) is 0. The zero-order valence-electron chi connectivity index (χ0n) is 8.22. The third-order valence-electron chi connectivity index (χ3n) is 1.82. The van der Waals surface area contributed by atoms with Crippen molar-refractivity contribution in [2.75, 3.05) is 6.61 Å². The Hall–Kier alpha value is -1.36. The summed E-state index contributed by atoms with van der Waals surface area (Å²) in [7, 11) is 0. The van der Waals surface area contributed by atoms with Gasteiger partial charge in [0.1, 0.15) is 0 Å². The fraction of sp³-hybridized carbons (Fsp3) is 0.200. The second-order valence-electron chi connectivity index (χ2n) is 2.89. The maximum absolute atomic E-state index is 5.31.